The second kappa shape index (κ2) is 4.61. The van der Waals surface area contributed by atoms with Crippen molar-refractivity contribution in [1.29, 1.82) is 0 Å². The molecule has 0 spiro atoms. The SMILES string of the molecule is c1ccc(-c2ccc3c(c2)c2cccc4c5ccccc5n3c42)cc1. The van der Waals surface area contributed by atoms with Crippen molar-refractivity contribution in [2.24, 2.45) is 0 Å². The maximum absolute atomic E-state index is 2.42. The second-order valence-electron chi connectivity index (χ2n) is 6.65. The molecule has 0 aliphatic rings. The van der Waals surface area contributed by atoms with Gasteiger partial charge in [-0.1, -0.05) is 72.8 Å². The largest absolute Gasteiger partial charge is 0.308 e. The van der Waals surface area contributed by atoms with Crippen LogP contribution in [0.25, 0.3) is 49.2 Å². The van der Waals surface area contributed by atoms with Crippen LogP contribution >= 0.6 is 0 Å². The quantitative estimate of drug-likeness (QED) is 0.326. The molecule has 1 nitrogen and oxygen atoms in total. The third-order valence-electron chi connectivity index (χ3n) is 5.33. The fourth-order valence-corrected chi connectivity index (χ4v) is 4.24. The fraction of sp³-hybridized carbons (Fsp3) is 0. The molecule has 0 saturated heterocycles. The van der Waals surface area contributed by atoms with Gasteiger partial charge in [-0.2, -0.15) is 0 Å². The van der Waals surface area contributed by atoms with Crippen LogP contribution < -0.4 is 0 Å². The van der Waals surface area contributed by atoms with Gasteiger partial charge in [-0.3, -0.25) is 0 Å². The summed E-state index contributed by atoms with van der Waals surface area (Å²) in [7, 11) is 0. The first-order chi connectivity index (χ1) is 12.4. The van der Waals surface area contributed by atoms with Gasteiger partial charge >= 0.3 is 0 Å². The van der Waals surface area contributed by atoms with E-state index in [1.807, 2.05) is 0 Å². The van der Waals surface area contributed by atoms with Crippen molar-refractivity contribution in [2.75, 3.05) is 0 Å². The molecule has 116 valence electrons. The zero-order valence-corrected chi connectivity index (χ0v) is 13.6. The summed E-state index contributed by atoms with van der Waals surface area (Å²) >= 11 is 0. The van der Waals surface area contributed by atoms with Crippen LogP contribution in [0.3, 0.4) is 0 Å². The van der Waals surface area contributed by atoms with Crippen molar-refractivity contribution in [3.8, 4) is 11.1 Å². The molecule has 25 heavy (non-hydrogen) atoms. The van der Waals surface area contributed by atoms with Crippen LogP contribution in [0, 0.1) is 0 Å². The summed E-state index contributed by atoms with van der Waals surface area (Å²) < 4.78 is 2.42. The monoisotopic (exact) mass is 317 g/mol. The Hall–Kier alpha value is -3.32. The average molecular weight is 317 g/mol. The molecule has 0 atom stereocenters. The molecular weight excluding hydrogens is 302 g/mol. The van der Waals surface area contributed by atoms with Gasteiger partial charge in [-0.05, 0) is 29.3 Å². The van der Waals surface area contributed by atoms with E-state index in [1.54, 1.807) is 0 Å². The van der Waals surface area contributed by atoms with E-state index in [0.29, 0.717) is 0 Å². The lowest BCUT2D eigenvalue weighted by atomic mass is 10.0. The lowest BCUT2D eigenvalue weighted by Crippen LogP contribution is -1.81. The number of rotatable bonds is 1. The van der Waals surface area contributed by atoms with E-state index in [1.165, 1.54) is 49.2 Å². The molecule has 0 unspecified atom stereocenters. The highest BCUT2D eigenvalue weighted by atomic mass is 14.9. The van der Waals surface area contributed by atoms with Gasteiger partial charge in [-0.25, -0.2) is 0 Å². The Morgan fingerprint density at radius 2 is 1.12 bits per heavy atom. The van der Waals surface area contributed by atoms with Gasteiger partial charge in [0.2, 0.25) is 0 Å². The lowest BCUT2D eigenvalue weighted by Gasteiger charge is -2.03. The topological polar surface area (TPSA) is 4.41 Å². The Labute approximate surface area is 145 Å². The highest BCUT2D eigenvalue weighted by molar-refractivity contribution is 6.23. The molecule has 4 aromatic carbocycles. The van der Waals surface area contributed by atoms with Gasteiger partial charge in [0.25, 0.3) is 0 Å². The van der Waals surface area contributed by atoms with Crippen LogP contribution in [-0.4, -0.2) is 4.40 Å². The van der Waals surface area contributed by atoms with Gasteiger partial charge in [0.1, 0.15) is 0 Å². The molecule has 0 N–H and O–H groups in total. The van der Waals surface area contributed by atoms with E-state index in [-0.39, 0.29) is 0 Å². The third-order valence-corrected chi connectivity index (χ3v) is 5.33. The van der Waals surface area contributed by atoms with Crippen molar-refractivity contribution < 1.29 is 0 Å². The van der Waals surface area contributed by atoms with Crippen molar-refractivity contribution in [3.63, 3.8) is 0 Å². The summed E-state index contributed by atoms with van der Waals surface area (Å²) in [5.41, 5.74) is 6.44. The van der Waals surface area contributed by atoms with E-state index in [4.69, 9.17) is 0 Å². The van der Waals surface area contributed by atoms with Gasteiger partial charge in [-0.15, -0.1) is 0 Å². The number of benzene rings is 4. The smallest absolute Gasteiger partial charge is 0.0620 e. The summed E-state index contributed by atoms with van der Waals surface area (Å²) in [5, 5.41) is 5.33. The van der Waals surface area contributed by atoms with Crippen LogP contribution in [0.15, 0.2) is 91.0 Å². The van der Waals surface area contributed by atoms with Crippen molar-refractivity contribution in [1.82, 2.24) is 4.40 Å². The van der Waals surface area contributed by atoms with E-state index in [0.717, 1.165) is 0 Å². The van der Waals surface area contributed by atoms with E-state index >= 15 is 0 Å². The van der Waals surface area contributed by atoms with Crippen LogP contribution in [0.5, 0.6) is 0 Å². The van der Waals surface area contributed by atoms with E-state index in [2.05, 4.69) is 95.4 Å². The predicted octanol–water partition coefficient (Wildman–Crippen LogP) is 6.50. The second-order valence-corrected chi connectivity index (χ2v) is 6.65. The lowest BCUT2D eigenvalue weighted by molar-refractivity contribution is 1.37. The maximum Gasteiger partial charge on any atom is 0.0620 e. The Bertz CT molecular complexity index is 1370. The number of nitrogens with zero attached hydrogens (tertiary/aromatic N) is 1. The first-order valence-electron chi connectivity index (χ1n) is 8.64. The highest BCUT2D eigenvalue weighted by Crippen LogP contribution is 2.39. The van der Waals surface area contributed by atoms with Crippen LogP contribution in [0.1, 0.15) is 0 Å². The fourth-order valence-electron chi connectivity index (χ4n) is 4.24. The standard InChI is InChI=1S/C24H15N/c1-2-7-16(8-3-1)17-13-14-23-21(15-17)20-11-6-10-19-18-9-4-5-12-22(18)25(23)24(19)20/h1-15H. The van der Waals surface area contributed by atoms with Gasteiger partial charge < -0.3 is 4.40 Å². The minimum Gasteiger partial charge on any atom is -0.308 e. The first kappa shape index (κ1) is 13.0. The molecule has 0 fully saturated rings. The average Bonchev–Trinajstić information content (AvgIpc) is 3.20. The molecule has 6 aromatic rings. The molecule has 0 radical (unpaired) electrons. The van der Waals surface area contributed by atoms with Crippen molar-refractivity contribution in [2.45, 2.75) is 0 Å². The van der Waals surface area contributed by atoms with E-state index < -0.39 is 0 Å². The number of aromatic nitrogens is 1. The molecule has 0 aliphatic carbocycles. The summed E-state index contributed by atoms with van der Waals surface area (Å²) in [4.78, 5) is 0. The summed E-state index contributed by atoms with van der Waals surface area (Å²) in [6.07, 6.45) is 0. The minimum absolute atomic E-state index is 1.26. The highest BCUT2D eigenvalue weighted by Gasteiger charge is 2.16. The molecule has 0 amide bonds. The molecule has 2 heterocycles. The number of fused-ring (bicyclic) bond motifs is 6. The summed E-state index contributed by atoms with van der Waals surface area (Å²) in [6.45, 7) is 0. The third kappa shape index (κ3) is 1.62. The molecule has 0 saturated carbocycles. The van der Waals surface area contributed by atoms with Gasteiger partial charge in [0, 0.05) is 21.5 Å². The Morgan fingerprint density at radius 1 is 0.440 bits per heavy atom. The molecule has 0 bridgehead atoms. The Balaban J connectivity index is 1.82. The maximum atomic E-state index is 2.42. The first-order valence-corrected chi connectivity index (χ1v) is 8.64. The Morgan fingerprint density at radius 3 is 2.00 bits per heavy atom. The van der Waals surface area contributed by atoms with Crippen LogP contribution in [-0.2, 0) is 0 Å². The molecule has 0 aliphatic heterocycles. The molecular formula is C24H15N. The Kier molecular flexibility index (Phi) is 2.40. The molecule has 6 rings (SSSR count). The normalized spacial score (nSPS) is 12.0. The van der Waals surface area contributed by atoms with Gasteiger partial charge in [0.15, 0.2) is 0 Å². The number of hydrogen-bond donors (Lipinski definition) is 0. The zero-order valence-electron chi connectivity index (χ0n) is 13.6. The molecule has 2 aromatic heterocycles. The van der Waals surface area contributed by atoms with Crippen molar-refractivity contribution >= 4 is 38.1 Å². The predicted molar refractivity (Wildman–Crippen MR) is 107 cm³/mol. The van der Waals surface area contributed by atoms with Crippen molar-refractivity contribution in [3.05, 3.63) is 91.0 Å². The minimum atomic E-state index is 1.26. The zero-order chi connectivity index (χ0) is 16.4. The van der Waals surface area contributed by atoms with Crippen LogP contribution in [0.2, 0.25) is 0 Å². The number of hydrogen-bond acceptors (Lipinski definition) is 0. The summed E-state index contributed by atoms with van der Waals surface area (Å²) in [5.74, 6) is 0. The van der Waals surface area contributed by atoms with Gasteiger partial charge in [0.05, 0.1) is 16.6 Å². The number of para-hydroxylation sites is 2. The van der Waals surface area contributed by atoms with E-state index in [9.17, 15) is 0 Å². The van der Waals surface area contributed by atoms with Crippen LogP contribution in [0.4, 0.5) is 0 Å². The molecule has 1 heteroatoms. The summed E-state index contributed by atoms with van der Waals surface area (Å²) in [6, 6.07) is 32.8.